The predicted molar refractivity (Wildman–Crippen MR) is 95.2 cm³/mol. The summed E-state index contributed by atoms with van der Waals surface area (Å²) in [5.41, 5.74) is 8.39. The van der Waals surface area contributed by atoms with Crippen molar-refractivity contribution in [1.29, 1.82) is 0 Å². The standard InChI is InChI=1S/C16H14IN3O2/c1-21-13-7-10-12(8-14(13)22-2)19-16(18)20-15(10)9-5-3-4-6-11(9)17/h3-8H,1-2H3,(H2,18,19,20). The first-order valence-corrected chi connectivity index (χ1v) is 7.66. The molecule has 0 radical (unpaired) electrons. The zero-order chi connectivity index (χ0) is 15.7. The van der Waals surface area contributed by atoms with E-state index in [1.54, 1.807) is 14.2 Å². The Balaban J connectivity index is 2.37. The number of hydrogen-bond acceptors (Lipinski definition) is 5. The van der Waals surface area contributed by atoms with Crippen LogP contribution in [-0.4, -0.2) is 24.2 Å². The van der Waals surface area contributed by atoms with Crippen LogP contribution in [0.3, 0.4) is 0 Å². The maximum absolute atomic E-state index is 5.88. The van der Waals surface area contributed by atoms with Gasteiger partial charge in [-0.1, -0.05) is 18.2 Å². The number of anilines is 1. The lowest BCUT2D eigenvalue weighted by molar-refractivity contribution is 0.356. The average molecular weight is 407 g/mol. The van der Waals surface area contributed by atoms with Gasteiger partial charge in [0.1, 0.15) is 0 Å². The number of rotatable bonds is 3. The van der Waals surface area contributed by atoms with E-state index in [-0.39, 0.29) is 5.95 Å². The smallest absolute Gasteiger partial charge is 0.221 e. The van der Waals surface area contributed by atoms with Crippen LogP contribution < -0.4 is 15.2 Å². The highest BCUT2D eigenvalue weighted by Crippen LogP contribution is 2.36. The molecular formula is C16H14IN3O2. The normalized spacial score (nSPS) is 10.7. The Hall–Kier alpha value is -2.09. The average Bonchev–Trinajstić information content (AvgIpc) is 2.53. The molecule has 3 rings (SSSR count). The Morgan fingerprint density at radius 2 is 1.68 bits per heavy atom. The van der Waals surface area contributed by atoms with Crippen molar-refractivity contribution < 1.29 is 9.47 Å². The van der Waals surface area contributed by atoms with E-state index in [2.05, 4.69) is 32.6 Å². The predicted octanol–water partition coefficient (Wildman–Crippen LogP) is 3.50. The van der Waals surface area contributed by atoms with Crippen LogP contribution in [0.5, 0.6) is 11.5 Å². The number of hydrogen-bond donors (Lipinski definition) is 1. The third-order valence-corrected chi connectivity index (χ3v) is 4.29. The van der Waals surface area contributed by atoms with Gasteiger partial charge < -0.3 is 15.2 Å². The van der Waals surface area contributed by atoms with Crippen molar-refractivity contribution in [3.63, 3.8) is 0 Å². The molecule has 0 saturated carbocycles. The SMILES string of the molecule is COc1cc2nc(N)nc(-c3ccccc3I)c2cc1OC. The zero-order valence-corrected chi connectivity index (χ0v) is 14.3. The Bertz CT molecular complexity index is 852. The second kappa shape index (κ2) is 5.96. The molecule has 1 aromatic heterocycles. The number of ether oxygens (including phenoxy) is 2. The van der Waals surface area contributed by atoms with Crippen molar-refractivity contribution in [3.8, 4) is 22.8 Å². The lowest BCUT2D eigenvalue weighted by Gasteiger charge is -2.12. The van der Waals surface area contributed by atoms with Crippen LogP contribution in [0.4, 0.5) is 5.95 Å². The van der Waals surface area contributed by atoms with E-state index in [9.17, 15) is 0 Å². The van der Waals surface area contributed by atoms with Crippen molar-refractivity contribution >= 4 is 39.4 Å². The fourth-order valence-electron chi connectivity index (χ4n) is 2.33. The minimum absolute atomic E-state index is 0.231. The van der Waals surface area contributed by atoms with E-state index >= 15 is 0 Å². The molecule has 0 spiro atoms. The molecule has 0 atom stereocenters. The van der Waals surface area contributed by atoms with E-state index in [1.807, 2.05) is 36.4 Å². The Morgan fingerprint density at radius 1 is 1.00 bits per heavy atom. The number of nitrogen functional groups attached to an aromatic ring is 1. The minimum Gasteiger partial charge on any atom is -0.493 e. The Labute approximate surface area is 141 Å². The summed E-state index contributed by atoms with van der Waals surface area (Å²) in [5.74, 6) is 1.48. The van der Waals surface area contributed by atoms with E-state index in [4.69, 9.17) is 15.2 Å². The van der Waals surface area contributed by atoms with Gasteiger partial charge in [-0.15, -0.1) is 0 Å². The first kappa shape index (κ1) is 14.8. The van der Waals surface area contributed by atoms with Gasteiger partial charge in [-0.05, 0) is 34.7 Å². The number of benzene rings is 2. The van der Waals surface area contributed by atoms with Gasteiger partial charge in [0, 0.05) is 20.6 Å². The zero-order valence-electron chi connectivity index (χ0n) is 12.1. The highest BCUT2D eigenvalue weighted by atomic mass is 127. The van der Waals surface area contributed by atoms with E-state index in [1.165, 1.54) is 0 Å². The largest absolute Gasteiger partial charge is 0.493 e. The lowest BCUT2D eigenvalue weighted by Crippen LogP contribution is -2.00. The molecule has 6 heteroatoms. The molecule has 2 aromatic carbocycles. The molecule has 22 heavy (non-hydrogen) atoms. The molecule has 0 fully saturated rings. The van der Waals surface area contributed by atoms with Gasteiger partial charge in [0.25, 0.3) is 0 Å². The summed E-state index contributed by atoms with van der Waals surface area (Å²) < 4.78 is 11.8. The summed E-state index contributed by atoms with van der Waals surface area (Å²) in [6.07, 6.45) is 0. The topological polar surface area (TPSA) is 70.3 Å². The molecule has 0 bridgehead atoms. The summed E-state index contributed by atoms with van der Waals surface area (Å²) in [6, 6.07) is 11.7. The number of halogens is 1. The quantitative estimate of drug-likeness (QED) is 0.674. The highest BCUT2D eigenvalue weighted by Gasteiger charge is 2.15. The van der Waals surface area contributed by atoms with Crippen LogP contribution in [-0.2, 0) is 0 Å². The third-order valence-electron chi connectivity index (χ3n) is 3.35. The van der Waals surface area contributed by atoms with E-state index < -0.39 is 0 Å². The van der Waals surface area contributed by atoms with Crippen LogP contribution >= 0.6 is 22.6 Å². The molecule has 0 amide bonds. The van der Waals surface area contributed by atoms with Gasteiger partial charge in [0.15, 0.2) is 11.5 Å². The molecule has 2 N–H and O–H groups in total. The lowest BCUT2D eigenvalue weighted by atomic mass is 10.1. The van der Waals surface area contributed by atoms with Crippen LogP contribution in [0.25, 0.3) is 22.2 Å². The summed E-state index contributed by atoms with van der Waals surface area (Å²) in [4.78, 5) is 8.73. The monoisotopic (exact) mass is 407 g/mol. The van der Waals surface area contributed by atoms with Gasteiger partial charge in [-0.25, -0.2) is 9.97 Å². The molecule has 0 saturated heterocycles. The molecule has 0 aliphatic heterocycles. The fraction of sp³-hybridized carbons (Fsp3) is 0.125. The van der Waals surface area contributed by atoms with E-state index in [0.717, 1.165) is 25.7 Å². The van der Waals surface area contributed by atoms with Crippen molar-refractivity contribution in [2.75, 3.05) is 20.0 Å². The number of nitrogens with zero attached hydrogens (tertiary/aromatic N) is 2. The molecule has 0 aliphatic carbocycles. The second-order valence-corrected chi connectivity index (χ2v) is 5.80. The molecule has 1 heterocycles. The van der Waals surface area contributed by atoms with Gasteiger partial charge in [0.05, 0.1) is 25.4 Å². The number of fused-ring (bicyclic) bond motifs is 1. The van der Waals surface area contributed by atoms with Gasteiger partial charge in [0.2, 0.25) is 5.95 Å². The van der Waals surface area contributed by atoms with Gasteiger partial charge in [-0.2, -0.15) is 0 Å². The first-order valence-electron chi connectivity index (χ1n) is 6.58. The van der Waals surface area contributed by atoms with Gasteiger partial charge in [-0.3, -0.25) is 0 Å². The molecule has 0 unspecified atom stereocenters. The van der Waals surface area contributed by atoms with Crippen molar-refractivity contribution in [1.82, 2.24) is 9.97 Å². The molecule has 112 valence electrons. The van der Waals surface area contributed by atoms with E-state index in [0.29, 0.717) is 11.5 Å². The van der Waals surface area contributed by atoms with Crippen LogP contribution in [0.1, 0.15) is 0 Å². The highest BCUT2D eigenvalue weighted by molar-refractivity contribution is 14.1. The van der Waals surface area contributed by atoms with Crippen molar-refractivity contribution in [2.24, 2.45) is 0 Å². The number of aromatic nitrogens is 2. The van der Waals surface area contributed by atoms with Crippen molar-refractivity contribution in [3.05, 3.63) is 40.0 Å². The van der Waals surface area contributed by atoms with Gasteiger partial charge >= 0.3 is 0 Å². The van der Waals surface area contributed by atoms with Crippen molar-refractivity contribution in [2.45, 2.75) is 0 Å². The summed E-state index contributed by atoms with van der Waals surface area (Å²) >= 11 is 2.28. The van der Waals surface area contributed by atoms with Crippen LogP contribution in [0, 0.1) is 3.57 Å². The Morgan fingerprint density at radius 3 is 2.36 bits per heavy atom. The maximum atomic E-state index is 5.88. The number of nitrogens with two attached hydrogens (primary N) is 1. The summed E-state index contributed by atoms with van der Waals surface area (Å²) in [6.45, 7) is 0. The Kier molecular flexibility index (Phi) is 4.02. The molecular weight excluding hydrogens is 393 g/mol. The molecule has 0 aliphatic rings. The summed E-state index contributed by atoms with van der Waals surface area (Å²) in [5, 5.41) is 0.871. The first-order chi connectivity index (χ1) is 10.6. The maximum Gasteiger partial charge on any atom is 0.221 e. The molecule has 5 nitrogen and oxygen atoms in total. The van der Waals surface area contributed by atoms with Crippen LogP contribution in [0.15, 0.2) is 36.4 Å². The summed E-state index contributed by atoms with van der Waals surface area (Å²) in [7, 11) is 3.20. The fourth-order valence-corrected chi connectivity index (χ4v) is 2.98. The third kappa shape index (κ3) is 2.54. The number of methoxy groups -OCH3 is 2. The van der Waals surface area contributed by atoms with Crippen LogP contribution in [0.2, 0.25) is 0 Å². The minimum atomic E-state index is 0.231. The second-order valence-electron chi connectivity index (χ2n) is 4.63. The molecule has 3 aromatic rings.